The molecule has 5 nitrogen and oxygen atoms in total. The van der Waals surface area contributed by atoms with E-state index in [9.17, 15) is 9.59 Å². The second-order valence-electron chi connectivity index (χ2n) is 6.10. The van der Waals surface area contributed by atoms with E-state index in [1.807, 2.05) is 43.1 Å². The number of rotatable bonds is 7. The zero-order chi connectivity index (χ0) is 19.2. The number of benzene rings is 2. The molecule has 1 aliphatic heterocycles. The predicted molar refractivity (Wildman–Crippen MR) is 106 cm³/mol. The minimum absolute atomic E-state index is 0.115. The van der Waals surface area contributed by atoms with Gasteiger partial charge in [0.1, 0.15) is 0 Å². The van der Waals surface area contributed by atoms with E-state index in [2.05, 4.69) is 0 Å². The van der Waals surface area contributed by atoms with Gasteiger partial charge in [0.2, 0.25) is 0 Å². The third kappa shape index (κ3) is 4.59. The smallest absolute Gasteiger partial charge is 0.338 e. The molecule has 0 spiro atoms. The molecule has 1 heterocycles. The first-order chi connectivity index (χ1) is 13.1. The van der Waals surface area contributed by atoms with E-state index < -0.39 is 5.97 Å². The van der Waals surface area contributed by atoms with Crippen molar-refractivity contribution in [3.05, 3.63) is 70.8 Å². The lowest BCUT2D eigenvalue weighted by Gasteiger charge is -2.12. The molecule has 140 valence electrons. The van der Waals surface area contributed by atoms with Crippen LogP contribution in [0.5, 0.6) is 0 Å². The van der Waals surface area contributed by atoms with Crippen molar-refractivity contribution >= 4 is 29.2 Å². The topological polar surface area (TPSA) is 55.8 Å². The van der Waals surface area contributed by atoms with Gasteiger partial charge in [-0.15, -0.1) is 0 Å². The van der Waals surface area contributed by atoms with Gasteiger partial charge in [0, 0.05) is 23.6 Å². The highest BCUT2D eigenvalue weighted by molar-refractivity contribution is 8.03. The van der Waals surface area contributed by atoms with Gasteiger partial charge in [-0.25, -0.2) is 4.79 Å². The van der Waals surface area contributed by atoms with Crippen molar-refractivity contribution < 1.29 is 19.4 Å². The first-order valence-corrected chi connectivity index (χ1v) is 9.62. The van der Waals surface area contributed by atoms with Crippen LogP contribution in [0.1, 0.15) is 40.5 Å². The molecule has 3 rings (SSSR count). The summed E-state index contributed by atoms with van der Waals surface area (Å²) >= 11 is 1.56. The number of fused-ring (bicyclic) bond motifs is 1. The highest BCUT2D eigenvalue weighted by Crippen LogP contribution is 2.44. The molecule has 0 saturated heterocycles. The number of ketones is 1. The molecule has 0 atom stereocenters. The molecular weight excluding hydrogens is 362 g/mol. The Morgan fingerprint density at radius 3 is 2.48 bits per heavy atom. The van der Waals surface area contributed by atoms with Gasteiger partial charge < -0.3 is 4.90 Å². The molecule has 1 aliphatic rings. The highest BCUT2D eigenvalue weighted by Gasteiger charge is 2.22. The monoisotopic (exact) mass is 383 g/mol. The van der Waals surface area contributed by atoms with Gasteiger partial charge in [-0.1, -0.05) is 49.4 Å². The molecule has 27 heavy (non-hydrogen) atoms. The maximum Gasteiger partial charge on any atom is 0.373 e. The van der Waals surface area contributed by atoms with Crippen molar-refractivity contribution in [3.8, 4) is 0 Å². The van der Waals surface area contributed by atoms with Crippen LogP contribution in [0.25, 0.3) is 0 Å². The SMILES string of the molecule is CCCCOOC(=O)c1ccc(C(=O)C=C2Sc3ccccc3N2C)cc1. The van der Waals surface area contributed by atoms with Crippen molar-refractivity contribution in [3.63, 3.8) is 0 Å². The maximum absolute atomic E-state index is 12.6. The van der Waals surface area contributed by atoms with E-state index in [1.165, 1.54) is 0 Å². The van der Waals surface area contributed by atoms with Crippen LogP contribution in [-0.2, 0) is 9.78 Å². The Morgan fingerprint density at radius 1 is 1.07 bits per heavy atom. The van der Waals surface area contributed by atoms with Crippen LogP contribution in [0, 0.1) is 0 Å². The summed E-state index contributed by atoms with van der Waals surface area (Å²) in [5.41, 5.74) is 1.94. The minimum atomic E-state index is -0.565. The molecule has 0 N–H and O–H groups in total. The lowest BCUT2D eigenvalue weighted by atomic mass is 10.1. The number of para-hydroxylation sites is 1. The van der Waals surface area contributed by atoms with Crippen LogP contribution in [0.2, 0.25) is 0 Å². The molecule has 0 aliphatic carbocycles. The zero-order valence-corrected chi connectivity index (χ0v) is 16.1. The average Bonchev–Trinajstić information content (AvgIpc) is 3.01. The minimum Gasteiger partial charge on any atom is -0.338 e. The van der Waals surface area contributed by atoms with E-state index in [4.69, 9.17) is 9.78 Å². The largest absolute Gasteiger partial charge is 0.373 e. The molecule has 6 heteroatoms. The molecule has 0 aromatic heterocycles. The number of hydrogen-bond acceptors (Lipinski definition) is 6. The quantitative estimate of drug-likeness (QED) is 0.224. The second kappa shape index (κ2) is 8.88. The number of carbonyl (C=O) groups excluding carboxylic acids is 2. The summed E-state index contributed by atoms with van der Waals surface area (Å²) in [7, 11) is 1.94. The number of hydrogen-bond donors (Lipinski definition) is 0. The molecule has 0 radical (unpaired) electrons. The summed E-state index contributed by atoms with van der Waals surface area (Å²) in [6, 6.07) is 14.4. The number of nitrogens with zero attached hydrogens (tertiary/aromatic N) is 1. The Kier molecular flexibility index (Phi) is 6.32. The van der Waals surface area contributed by atoms with Crippen LogP contribution in [0.4, 0.5) is 5.69 Å². The Hall–Kier alpha value is -2.57. The summed E-state index contributed by atoms with van der Waals surface area (Å²) in [6.45, 7) is 2.40. The number of unbranched alkanes of at least 4 members (excludes halogenated alkanes) is 1. The normalized spacial score (nSPS) is 14.3. The fraction of sp³-hybridized carbons (Fsp3) is 0.238. The first kappa shape index (κ1) is 19.2. The fourth-order valence-corrected chi connectivity index (χ4v) is 3.64. The molecule has 0 fully saturated rings. The van der Waals surface area contributed by atoms with Gasteiger partial charge in [-0.3, -0.25) is 9.68 Å². The van der Waals surface area contributed by atoms with Crippen LogP contribution < -0.4 is 4.90 Å². The van der Waals surface area contributed by atoms with E-state index >= 15 is 0 Å². The molecule has 2 aromatic rings. The number of thioether (sulfide) groups is 1. The molecule has 0 amide bonds. The molecular formula is C21H21NO4S. The molecule has 0 unspecified atom stereocenters. The third-order valence-electron chi connectivity index (χ3n) is 4.15. The van der Waals surface area contributed by atoms with Gasteiger partial charge >= 0.3 is 5.97 Å². The van der Waals surface area contributed by atoms with Crippen molar-refractivity contribution in [1.82, 2.24) is 0 Å². The number of anilines is 1. The lowest BCUT2D eigenvalue weighted by Crippen LogP contribution is -2.11. The second-order valence-corrected chi connectivity index (χ2v) is 7.16. The van der Waals surface area contributed by atoms with Gasteiger partial charge in [0.25, 0.3) is 0 Å². The lowest BCUT2D eigenvalue weighted by molar-refractivity contribution is -0.241. The first-order valence-electron chi connectivity index (χ1n) is 8.80. The van der Waals surface area contributed by atoms with Gasteiger partial charge in [0.15, 0.2) is 5.78 Å². The summed E-state index contributed by atoms with van der Waals surface area (Å²) < 4.78 is 0. The predicted octanol–water partition coefficient (Wildman–Crippen LogP) is 4.84. The van der Waals surface area contributed by atoms with E-state index in [0.717, 1.165) is 28.5 Å². The third-order valence-corrected chi connectivity index (χ3v) is 5.31. The summed E-state index contributed by atoms with van der Waals surface area (Å²) in [4.78, 5) is 37.2. The van der Waals surface area contributed by atoms with Crippen molar-refractivity contribution in [2.24, 2.45) is 0 Å². The van der Waals surface area contributed by atoms with E-state index in [1.54, 1.807) is 42.1 Å². The van der Waals surface area contributed by atoms with Gasteiger partial charge in [-0.05, 0) is 30.7 Å². The van der Waals surface area contributed by atoms with Crippen molar-refractivity contribution in [2.75, 3.05) is 18.6 Å². The summed E-state index contributed by atoms with van der Waals surface area (Å²) in [6.07, 6.45) is 3.40. The highest BCUT2D eigenvalue weighted by atomic mass is 32.2. The number of carbonyl (C=O) groups is 2. The van der Waals surface area contributed by atoms with Crippen LogP contribution in [0.3, 0.4) is 0 Å². The van der Waals surface area contributed by atoms with E-state index in [0.29, 0.717) is 17.7 Å². The summed E-state index contributed by atoms with van der Waals surface area (Å²) in [5.74, 6) is -0.679. The Labute approximate surface area is 162 Å². The van der Waals surface area contributed by atoms with Crippen LogP contribution in [0.15, 0.2) is 64.5 Å². The van der Waals surface area contributed by atoms with E-state index in [-0.39, 0.29) is 5.78 Å². The fourth-order valence-electron chi connectivity index (χ4n) is 2.56. The Morgan fingerprint density at radius 2 is 1.78 bits per heavy atom. The average molecular weight is 383 g/mol. The number of allylic oxidation sites excluding steroid dienone is 1. The molecule has 2 aromatic carbocycles. The zero-order valence-electron chi connectivity index (χ0n) is 15.3. The molecule has 0 bridgehead atoms. The molecule has 0 saturated carbocycles. The Balaban J connectivity index is 1.64. The maximum atomic E-state index is 12.6. The Bertz CT molecular complexity index is 861. The van der Waals surface area contributed by atoms with Gasteiger partial charge in [0.05, 0.1) is 22.9 Å². The standard InChI is InChI=1S/C21H21NO4S/c1-3-4-13-25-26-21(24)16-11-9-15(10-12-16)18(23)14-20-22(2)17-7-5-6-8-19(17)27-20/h5-12,14H,3-4,13H2,1-2H3. The van der Waals surface area contributed by atoms with Crippen molar-refractivity contribution in [1.29, 1.82) is 0 Å². The summed E-state index contributed by atoms with van der Waals surface area (Å²) in [5, 5.41) is 0.869. The van der Waals surface area contributed by atoms with Crippen molar-refractivity contribution in [2.45, 2.75) is 24.7 Å². The van der Waals surface area contributed by atoms with Crippen LogP contribution in [-0.4, -0.2) is 25.4 Å². The van der Waals surface area contributed by atoms with Gasteiger partial charge in [-0.2, -0.15) is 4.89 Å². The van der Waals surface area contributed by atoms with Crippen LogP contribution >= 0.6 is 11.8 Å².